The molecule has 4 aliphatic rings. The molecule has 5 heterocycles. The van der Waals surface area contributed by atoms with Crippen molar-refractivity contribution in [1.82, 2.24) is 9.88 Å². The second kappa shape index (κ2) is 6.54. The quantitative estimate of drug-likeness (QED) is 0.842. The number of piperidine rings is 3. The van der Waals surface area contributed by atoms with Crippen LogP contribution >= 0.6 is 0 Å². The normalized spacial score (nSPS) is 31.4. The maximum atomic E-state index is 9.31. The minimum atomic E-state index is 0.431. The van der Waals surface area contributed by atoms with Gasteiger partial charge in [-0.15, -0.1) is 0 Å². The van der Waals surface area contributed by atoms with Crippen molar-refractivity contribution < 1.29 is 4.74 Å². The van der Waals surface area contributed by atoms with Crippen molar-refractivity contribution in [2.45, 2.75) is 30.8 Å². The maximum Gasteiger partial charge on any atom is 0.130 e. The fraction of sp³-hybridized carbons (Fsp3) is 0.455. The number of nitrogens with zero attached hydrogens (tertiary/aromatic N) is 4. The standard InChI is InChI=1S/C22H24N4O/c1-27-18-4-2-3-17(12-18)19-14-26(20-11-15(13-23)5-8-24-20)21-16-6-9-25(10-7-16)22(19)21/h2-5,8,11-12,16,19,21-22H,6-7,9-10,14H2,1H3/t19-,21-,22-/m0/s1. The van der Waals surface area contributed by atoms with Crippen LogP contribution in [0.5, 0.6) is 5.75 Å². The third-order valence-corrected chi connectivity index (χ3v) is 6.69. The van der Waals surface area contributed by atoms with Gasteiger partial charge >= 0.3 is 0 Å². The molecule has 2 aromatic rings. The highest BCUT2D eigenvalue weighted by Crippen LogP contribution is 2.48. The number of ether oxygens (including phenoxy) is 1. The molecule has 0 radical (unpaired) electrons. The van der Waals surface area contributed by atoms with Crippen LogP contribution in [0.3, 0.4) is 0 Å². The van der Waals surface area contributed by atoms with E-state index in [2.05, 4.69) is 39.1 Å². The zero-order valence-corrected chi connectivity index (χ0v) is 15.6. The molecule has 0 saturated carbocycles. The second-order valence-corrected chi connectivity index (χ2v) is 7.90. The average molecular weight is 360 g/mol. The summed E-state index contributed by atoms with van der Waals surface area (Å²) in [5.74, 6) is 3.01. The lowest BCUT2D eigenvalue weighted by atomic mass is 9.75. The highest BCUT2D eigenvalue weighted by molar-refractivity contribution is 5.50. The Morgan fingerprint density at radius 3 is 2.78 bits per heavy atom. The summed E-state index contributed by atoms with van der Waals surface area (Å²) in [5, 5.41) is 9.31. The van der Waals surface area contributed by atoms with Crippen LogP contribution in [-0.2, 0) is 0 Å². The first-order chi connectivity index (χ1) is 13.3. The molecule has 0 spiro atoms. The lowest BCUT2D eigenvalue weighted by Crippen LogP contribution is -2.60. The van der Waals surface area contributed by atoms with Crippen molar-refractivity contribution in [2.24, 2.45) is 5.92 Å². The zero-order chi connectivity index (χ0) is 18.4. The molecule has 1 aromatic heterocycles. The van der Waals surface area contributed by atoms with Gasteiger partial charge in [-0.3, -0.25) is 4.90 Å². The Kier molecular flexibility index (Phi) is 4.02. The number of methoxy groups -OCH3 is 1. The molecule has 138 valence electrons. The monoisotopic (exact) mass is 360 g/mol. The number of rotatable bonds is 3. The number of nitriles is 1. The van der Waals surface area contributed by atoms with E-state index in [1.807, 2.05) is 12.1 Å². The van der Waals surface area contributed by atoms with Gasteiger partial charge in [-0.2, -0.15) is 5.26 Å². The number of fused-ring (bicyclic) bond motifs is 2. The number of pyridine rings is 1. The Balaban J connectivity index is 1.56. The van der Waals surface area contributed by atoms with Crippen molar-refractivity contribution >= 4 is 5.82 Å². The molecule has 4 fully saturated rings. The summed E-state index contributed by atoms with van der Waals surface area (Å²) in [5.41, 5.74) is 2.03. The van der Waals surface area contributed by atoms with E-state index in [4.69, 9.17) is 4.74 Å². The molecule has 27 heavy (non-hydrogen) atoms. The van der Waals surface area contributed by atoms with E-state index in [0.717, 1.165) is 18.1 Å². The molecule has 4 saturated heterocycles. The van der Waals surface area contributed by atoms with E-state index in [9.17, 15) is 5.26 Å². The molecule has 1 aromatic carbocycles. The summed E-state index contributed by atoms with van der Waals surface area (Å²) in [6, 6.07) is 15.5. The third-order valence-electron chi connectivity index (χ3n) is 6.69. The van der Waals surface area contributed by atoms with Gasteiger partial charge in [0.1, 0.15) is 11.6 Å². The molecule has 5 nitrogen and oxygen atoms in total. The smallest absolute Gasteiger partial charge is 0.130 e. The molecule has 2 bridgehead atoms. The molecule has 0 aliphatic carbocycles. The van der Waals surface area contributed by atoms with Crippen LogP contribution in [0.2, 0.25) is 0 Å². The zero-order valence-electron chi connectivity index (χ0n) is 15.6. The Morgan fingerprint density at radius 1 is 1.15 bits per heavy atom. The molecule has 6 rings (SSSR count). The van der Waals surface area contributed by atoms with Crippen LogP contribution < -0.4 is 9.64 Å². The Morgan fingerprint density at radius 2 is 2.00 bits per heavy atom. The molecular weight excluding hydrogens is 336 g/mol. The summed E-state index contributed by atoms with van der Waals surface area (Å²) in [7, 11) is 1.73. The topological polar surface area (TPSA) is 52.4 Å². The van der Waals surface area contributed by atoms with Gasteiger partial charge in [0.25, 0.3) is 0 Å². The largest absolute Gasteiger partial charge is 0.497 e. The van der Waals surface area contributed by atoms with Crippen LogP contribution in [0.4, 0.5) is 5.82 Å². The Bertz CT molecular complexity index is 884. The van der Waals surface area contributed by atoms with E-state index >= 15 is 0 Å². The van der Waals surface area contributed by atoms with Gasteiger partial charge in [0.05, 0.1) is 18.7 Å². The molecule has 0 amide bonds. The van der Waals surface area contributed by atoms with Gasteiger partial charge in [-0.05, 0) is 61.7 Å². The Hall–Kier alpha value is -2.58. The van der Waals surface area contributed by atoms with Crippen LogP contribution in [-0.4, -0.2) is 48.7 Å². The maximum absolute atomic E-state index is 9.31. The van der Waals surface area contributed by atoms with Crippen molar-refractivity contribution in [2.75, 3.05) is 31.6 Å². The van der Waals surface area contributed by atoms with Gasteiger partial charge in [-0.25, -0.2) is 4.98 Å². The summed E-state index contributed by atoms with van der Waals surface area (Å²) < 4.78 is 5.48. The van der Waals surface area contributed by atoms with Gasteiger partial charge in [0.15, 0.2) is 0 Å². The van der Waals surface area contributed by atoms with Crippen molar-refractivity contribution in [3.63, 3.8) is 0 Å². The average Bonchev–Trinajstić information content (AvgIpc) is 3.18. The SMILES string of the molecule is COc1cccc([C@@H]2CN(c3cc(C#N)ccn3)[C@H]3C4CCN(CC4)[C@@H]23)c1. The van der Waals surface area contributed by atoms with Gasteiger partial charge < -0.3 is 9.64 Å². The predicted molar refractivity (Wildman–Crippen MR) is 104 cm³/mol. The molecule has 3 atom stereocenters. The highest BCUT2D eigenvalue weighted by atomic mass is 16.5. The van der Waals surface area contributed by atoms with Gasteiger partial charge in [0, 0.05) is 30.7 Å². The third kappa shape index (κ3) is 2.67. The predicted octanol–water partition coefficient (Wildman–Crippen LogP) is 3.03. The van der Waals surface area contributed by atoms with E-state index in [-0.39, 0.29) is 0 Å². The minimum Gasteiger partial charge on any atom is -0.497 e. The minimum absolute atomic E-state index is 0.431. The fourth-order valence-electron chi connectivity index (χ4n) is 5.49. The summed E-state index contributed by atoms with van der Waals surface area (Å²) in [4.78, 5) is 9.80. The van der Waals surface area contributed by atoms with Crippen molar-refractivity contribution in [1.29, 1.82) is 5.26 Å². The van der Waals surface area contributed by atoms with Crippen LogP contribution in [0.15, 0.2) is 42.6 Å². The fourth-order valence-corrected chi connectivity index (χ4v) is 5.49. The van der Waals surface area contributed by atoms with Crippen molar-refractivity contribution in [3.8, 4) is 11.8 Å². The van der Waals surface area contributed by atoms with Gasteiger partial charge in [0.2, 0.25) is 0 Å². The summed E-state index contributed by atoms with van der Waals surface area (Å²) in [6.45, 7) is 3.34. The lowest BCUT2D eigenvalue weighted by molar-refractivity contribution is 0.0354. The number of aromatic nitrogens is 1. The molecule has 4 aliphatic heterocycles. The summed E-state index contributed by atoms with van der Waals surface area (Å²) >= 11 is 0. The first kappa shape index (κ1) is 16.6. The van der Waals surface area contributed by atoms with E-state index in [1.54, 1.807) is 19.4 Å². The van der Waals surface area contributed by atoms with Crippen molar-refractivity contribution in [3.05, 3.63) is 53.7 Å². The molecule has 5 heteroatoms. The van der Waals surface area contributed by atoms with E-state index in [0.29, 0.717) is 29.5 Å². The number of hydrogen-bond acceptors (Lipinski definition) is 5. The first-order valence-electron chi connectivity index (χ1n) is 9.79. The van der Waals surface area contributed by atoms with Crippen LogP contribution in [0.1, 0.15) is 29.9 Å². The number of benzene rings is 1. The highest BCUT2D eigenvalue weighted by Gasteiger charge is 2.53. The molecule has 0 unspecified atom stereocenters. The second-order valence-electron chi connectivity index (χ2n) is 7.90. The molecule has 0 N–H and O–H groups in total. The van der Waals surface area contributed by atoms with Crippen LogP contribution in [0.25, 0.3) is 0 Å². The van der Waals surface area contributed by atoms with Crippen LogP contribution in [0, 0.1) is 17.2 Å². The van der Waals surface area contributed by atoms with E-state index < -0.39 is 0 Å². The Labute approximate surface area is 160 Å². The number of anilines is 1. The van der Waals surface area contributed by atoms with Gasteiger partial charge in [-0.1, -0.05) is 12.1 Å². The lowest BCUT2D eigenvalue weighted by Gasteiger charge is -2.51. The first-order valence-corrected chi connectivity index (χ1v) is 9.79. The molecular formula is C22H24N4O. The summed E-state index contributed by atoms with van der Waals surface area (Å²) in [6.07, 6.45) is 4.30. The van der Waals surface area contributed by atoms with E-state index in [1.165, 1.54) is 31.5 Å². The number of hydrogen-bond donors (Lipinski definition) is 0.